The highest BCUT2D eigenvalue weighted by atomic mass is 16.2. The molecule has 0 aromatic rings. The normalized spacial score (nSPS) is 18.6. The van der Waals surface area contributed by atoms with Gasteiger partial charge in [-0.25, -0.2) is 0 Å². The zero-order valence-corrected chi connectivity index (χ0v) is 10.2. The van der Waals surface area contributed by atoms with Gasteiger partial charge in [0.2, 0.25) is 11.8 Å². The van der Waals surface area contributed by atoms with Crippen LogP contribution in [0.15, 0.2) is 0 Å². The molecular weight excluding hydrogens is 220 g/mol. The summed E-state index contributed by atoms with van der Waals surface area (Å²) in [6.45, 7) is 5.22. The second-order valence-electron chi connectivity index (χ2n) is 4.54. The molecule has 0 atom stereocenters. The fourth-order valence-electron chi connectivity index (χ4n) is 1.71. The van der Waals surface area contributed by atoms with Crippen molar-refractivity contribution >= 4 is 11.8 Å². The van der Waals surface area contributed by atoms with Crippen molar-refractivity contribution in [2.45, 2.75) is 25.8 Å². The van der Waals surface area contributed by atoms with Crippen LogP contribution in [0.3, 0.4) is 0 Å². The van der Waals surface area contributed by atoms with E-state index in [0.717, 1.165) is 0 Å². The van der Waals surface area contributed by atoms with Crippen molar-refractivity contribution in [3.63, 3.8) is 0 Å². The minimum Gasteiger partial charge on any atom is -0.354 e. The number of hydrogen-bond donors (Lipinski definition) is 2. The zero-order valence-electron chi connectivity index (χ0n) is 10.2. The van der Waals surface area contributed by atoms with E-state index in [-0.39, 0.29) is 24.8 Å². The Morgan fingerprint density at radius 3 is 3.00 bits per heavy atom. The van der Waals surface area contributed by atoms with Crippen LogP contribution in [0.2, 0.25) is 0 Å². The van der Waals surface area contributed by atoms with Gasteiger partial charge in [-0.2, -0.15) is 5.26 Å². The first-order valence-electron chi connectivity index (χ1n) is 5.65. The largest absolute Gasteiger partial charge is 0.354 e. The van der Waals surface area contributed by atoms with E-state index in [1.165, 1.54) is 4.90 Å². The summed E-state index contributed by atoms with van der Waals surface area (Å²) in [7, 11) is 0. The van der Waals surface area contributed by atoms with E-state index in [1.807, 2.05) is 6.07 Å². The van der Waals surface area contributed by atoms with E-state index in [2.05, 4.69) is 10.6 Å². The molecule has 0 radical (unpaired) electrons. The monoisotopic (exact) mass is 238 g/mol. The summed E-state index contributed by atoms with van der Waals surface area (Å²) in [5.74, 6) is -0.287. The number of piperazine rings is 1. The summed E-state index contributed by atoms with van der Waals surface area (Å²) >= 11 is 0. The van der Waals surface area contributed by atoms with E-state index in [4.69, 9.17) is 5.26 Å². The van der Waals surface area contributed by atoms with Crippen molar-refractivity contribution in [2.24, 2.45) is 0 Å². The lowest BCUT2D eigenvalue weighted by atomic mass is 10.0. The zero-order chi connectivity index (χ0) is 12.9. The van der Waals surface area contributed by atoms with E-state index in [9.17, 15) is 9.59 Å². The van der Waals surface area contributed by atoms with Crippen molar-refractivity contribution < 1.29 is 9.59 Å². The van der Waals surface area contributed by atoms with E-state index < -0.39 is 5.54 Å². The molecule has 0 aromatic heterocycles. The number of hydrogen-bond acceptors (Lipinski definition) is 4. The molecule has 0 unspecified atom stereocenters. The van der Waals surface area contributed by atoms with Gasteiger partial charge in [0.15, 0.2) is 0 Å². The Morgan fingerprint density at radius 1 is 1.65 bits per heavy atom. The fraction of sp³-hybridized carbons (Fsp3) is 0.727. The maximum Gasteiger partial charge on any atom is 0.242 e. The van der Waals surface area contributed by atoms with Gasteiger partial charge in [-0.1, -0.05) is 0 Å². The molecule has 1 aliphatic heterocycles. The summed E-state index contributed by atoms with van der Waals surface area (Å²) in [6, 6.07) is 1.94. The van der Waals surface area contributed by atoms with Gasteiger partial charge in [-0.3, -0.25) is 9.59 Å². The number of amides is 2. The van der Waals surface area contributed by atoms with Crippen LogP contribution >= 0.6 is 0 Å². The molecule has 0 saturated carbocycles. The first kappa shape index (κ1) is 13.5. The highest BCUT2D eigenvalue weighted by Gasteiger charge is 2.35. The molecule has 6 heteroatoms. The van der Waals surface area contributed by atoms with E-state index in [1.54, 1.807) is 13.8 Å². The third kappa shape index (κ3) is 3.71. The number of carbonyl (C=O) groups is 2. The molecule has 0 spiro atoms. The molecule has 2 amide bonds. The molecule has 6 nitrogen and oxygen atoms in total. The van der Waals surface area contributed by atoms with Crippen LogP contribution in [0.1, 0.15) is 20.3 Å². The Labute approximate surface area is 101 Å². The third-order valence-corrected chi connectivity index (χ3v) is 2.66. The molecule has 0 aliphatic carbocycles. The van der Waals surface area contributed by atoms with Gasteiger partial charge in [-0.05, 0) is 13.8 Å². The molecule has 1 saturated heterocycles. The van der Waals surface area contributed by atoms with Crippen molar-refractivity contribution in [3.8, 4) is 6.07 Å². The van der Waals surface area contributed by atoms with Gasteiger partial charge in [0.05, 0.1) is 24.6 Å². The second-order valence-corrected chi connectivity index (χ2v) is 4.54. The molecule has 17 heavy (non-hydrogen) atoms. The standard InChI is InChI=1S/C11H18N4O2/c1-11(2)10(17)15(7-6-14-11)8-9(16)13-5-3-4-12/h14H,3,5-8H2,1-2H3,(H,13,16). The molecule has 1 fully saturated rings. The fourth-order valence-corrected chi connectivity index (χ4v) is 1.71. The molecule has 0 aromatic carbocycles. The molecule has 1 rings (SSSR count). The highest BCUT2D eigenvalue weighted by molar-refractivity contribution is 5.90. The average Bonchev–Trinajstić information content (AvgIpc) is 2.25. The van der Waals surface area contributed by atoms with Crippen molar-refractivity contribution in [2.75, 3.05) is 26.2 Å². The predicted molar refractivity (Wildman–Crippen MR) is 61.9 cm³/mol. The maximum absolute atomic E-state index is 11.9. The van der Waals surface area contributed by atoms with Crippen LogP contribution in [-0.4, -0.2) is 48.4 Å². The Kier molecular flexibility index (Phi) is 4.46. The lowest BCUT2D eigenvalue weighted by molar-refractivity contribution is -0.143. The molecule has 2 N–H and O–H groups in total. The second kappa shape index (κ2) is 5.64. The van der Waals surface area contributed by atoms with Crippen LogP contribution in [0, 0.1) is 11.3 Å². The lowest BCUT2D eigenvalue weighted by Gasteiger charge is -2.37. The summed E-state index contributed by atoms with van der Waals surface area (Å²) < 4.78 is 0. The minimum absolute atomic E-state index is 0.0649. The van der Waals surface area contributed by atoms with Crippen molar-refractivity contribution in [3.05, 3.63) is 0 Å². The predicted octanol–water partition coefficient (Wildman–Crippen LogP) is -0.773. The van der Waals surface area contributed by atoms with E-state index >= 15 is 0 Å². The molecule has 0 bridgehead atoms. The van der Waals surface area contributed by atoms with Crippen LogP contribution in [0.5, 0.6) is 0 Å². The van der Waals surface area contributed by atoms with Gasteiger partial charge >= 0.3 is 0 Å². The SMILES string of the molecule is CC1(C)NCCN(CC(=O)NCCC#N)C1=O. The van der Waals surface area contributed by atoms with Crippen molar-refractivity contribution in [1.29, 1.82) is 5.26 Å². The summed E-state index contributed by atoms with van der Waals surface area (Å²) in [5.41, 5.74) is -0.606. The van der Waals surface area contributed by atoms with Crippen molar-refractivity contribution in [1.82, 2.24) is 15.5 Å². The Bertz CT molecular complexity index is 346. The number of nitrogens with zero attached hydrogens (tertiary/aromatic N) is 2. The smallest absolute Gasteiger partial charge is 0.242 e. The summed E-state index contributed by atoms with van der Waals surface area (Å²) in [6.07, 6.45) is 0.284. The van der Waals surface area contributed by atoms with E-state index in [0.29, 0.717) is 19.6 Å². The first-order chi connectivity index (χ1) is 7.97. The van der Waals surface area contributed by atoms with Crippen LogP contribution in [-0.2, 0) is 9.59 Å². The molecule has 94 valence electrons. The minimum atomic E-state index is -0.606. The lowest BCUT2D eigenvalue weighted by Crippen LogP contribution is -2.62. The Balaban J connectivity index is 2.43. The summed E-state index contributed by atoms with van der Waals surface area (Å²) in [4.78, 5) is 25.0. The molecule has 1 heterocycles. The topological polar surface area (TPSA) is 85.2 Å². The molecule has 1 aliphatic rings. The van der Waals surface area contributed by atoms with Crippen LogP contribution < -0.4 is 10.6 Å². The van der Waals surface area contributed by atoms with Gasteiger partial charge in [-0.15, -0.1) is 0 Å². The number of nitriles is 1. The first-order valence-corrected chi connectivity index (χ1v) is 5.65. The van der Waals surface area contributed by atoms with Gasteiger partial charge in [0, 0.05) is 19.6 Å². The maximum atomic E-state index is 11.9. The number of carbonyl (C=O) groups excluding carboxylic acids is 2. The van der Waals surface area contributed by atoms with Crippen LogP contribution in [0.25, 0.3) is 0 Å². The highest BCUT2D eigenvalue weighted by Crippen LogP contribution is 2.11. The summed E-state index contributed by atoms with van der Waals surface area (Å²) in [5, 5.41) is 14.0. The third-order valence-electron chi connectivity index (χ3n) is 2.66. The molecular formula is C11H18N4O2. The Morgan fingerprint density at radius 2 is 2.35 bits per heavy atom. The van der Waals surface area contributed by atoms with Gasteiger partial charge in [0.25, 0.3) is 0 Å². The number of nitrogens with one attached hydrogen (secondary N) is 2. The van der Waals surface area contributed by atoms with Crippen LogP contribution in [0.4, 0.5) is 0 Å². The number of rotatable bonds is 4. The Hall–Kier alpha value is -1.61. The quantitative estimate of drug-likeness (QED) is 0.630. The van der Waals surface area contributed by atoms with Gasteiger partial charge in [0.1, 0.15) is 0 Å². The average molecular weight is 238 g/mol. The van der Waals surface area contributed by atoms with Gasteiger partial charge < -0.3 is 15.5 Å².